The lowest BCUT2D eigenvalue weighted by molar-refractivity contribution is -0.131. The molecular weight excluding hydrogens is 607 g/mol. The first-order valence-corrected chi connectivity index (χ1v) is 10.7. The quantitative estimate of drug-likeness (QED) is 0.437. The van der Waals surface area contributed by atoms with E-state index in [9.17, 15) is 9.59 Å². The number of hydrogen-bond donors (Lipinski definition) is 2. The number of carbonyl (C=O) groups excluding carboxylic acids is 2. The third kappa shape index (κ3) is 6.81. The molecule has 0 saturated carbocycles. The number of benzene rings is 2. The molecule has 2 N–H and O–H groups in total. The third-order valence-electron chi connectivity index (χ3n) is 3.19. The van der Waals surface area contributed by atoms with Crippen LogP contribution in [0, 0.1) is 6.92 Å². The van der Waals surface area contributed by atoms with Crippen molar-refractivity contribution < 1.29 is 19.1 Å². The number of aryl methyl sites for hydroxylation is 1. The van der Waals surface area contributed by atoms with E-state index in [0.29, 0.717) is 19.7 Å². The van der Waals surface area contributed by atoms with Crippen LogP contribution < -0.4 is 20.3 Å². The number of nitrogens with one attached hydrogen (secondary N) is 2. The van der Waals surface area contributed by atoms with E-state index in [1.165, 1.54) is 6.07 Å². The molecule has 0 aliphatic heterocycles. The molecule has 28 heavy (non-hydrogen) atoms. The molecule has 0 unspecified atom stereocenters. The average molecular weight is 620 g/mol. The number of hydrazine groups is 1. The minimum absolute atomic E-state index is 0.250. The molecule has 11 heteroatoms. The molecule has 6 nitrogen and oxygen atoms in total. The monoisotopic (exact) mass is 616 g/mol. The van der Waals surface area contributed by atoms with Crippen LogP contribution in [0.25, 0.3) is 0 Å². The van der Waals surface area contributed by atoms with Crippen molar-refractivity contribution in [2.45, 2.75) is 6.92 Å². The SMILES string of the molecule is Cc1cc(Br)cc(Br)c1OCC(=O)NNC(=O)COc1c(Cl)cc(Cl)cc1Br. The van der Waals surface area contributed by atoms with E-state index >= 15 is 0 Å². The van der Waals surface area contributed by atoms with Crippen LogP contribution in [0.5, 0.6) is 11.5 Å². The fraction of sp³-hybridized carbons (Fsp3) is 0.176. The van der Waals surface area contributed by atoms with E-state index in [0.717, 1.165) is 10.0 Å². The van der Waals surface area contributed by atoms with E-state index in [4.69, 9.17) is 32.7 Å². The Balaban J connectivity index is 1.79. The van der Waals surface area contributed by atoms with Crippen LogP contribution in [-0.4, -0.2) is 25.0 Å². The molecule has 0 atom stereocenters. The summed E-state index contributed by atoms with van der Waals surface area (Å²) >= 11 is 21.9. The molecule has 0 fully saturated rings. The van der Waals surface area contributed by atoms with Crippen molar-refractivity contribution in [3.63, 3.8) is 0 Å². The normalized spacial score (nSPS) is 10.4. The Morgan fingerprint density at radius 1 is 0.893 bits per heavy atom. The van der Waals surface area contributed by atoms with Crippen molar-refractivity contribution >= 4 is 82.8 Å². The molecule has 2 aromatic carbocycles. The number of ether oxygens (including phenoxy) is 2. The highest BCUT2D eigenvalue weighted by molar-refractivity contribution is 9.11. The van der Waals surface area contributed by atoms with E-state index in [-0.39, 0.29) is 24.0 Å². The van der Waals surface area contributed by atoms with Gasteiger partial charge in [-0.1, -0.05) is 39.1 Å². The Bertz CT molecular complexity index is 792. The van der Waals surface area contributed by atoms with E-state index in [1.54, 1.807) is 12.1 Å². The lowest BCUT2D eigenvalue weighted by Crippen LogP contribution is -2.45. The van der Waals surface area contributed by atoms with Gasteiger partial charge in [0.25, 0.3) is 11.8 Å². The van der Waals surface area contributed by atoms with Gasteiger partial charge in [-0.15, -0.1) is 0 Å². The van der Waals surface area contributed by atoms with Crippen molar-refractivity contribution in [3.05, 3.63) is 53.3 Å². The predicted molar refractivity (Wildman–Crippen MR) is 118 cm³/mol. The fourth-order valence-corrected chi connectivity index (χ4v) is 4.95. The Labute approximate surface area is 196 Å². The average Bonchev–Trinajstić information content (AvgIpc) is 2.58. The number of amides is 2. The minimum atomic E-state index is -0.577. The molecule has 0 aliphatic carbocycles. The highest BCUT2D eigenvalue weighted by atomic mass is 79.9. The van der Waals surface area contributed by atoms with E-state index in [1.807, 2.05) is 13.0 Å². The highest BCUT2D eigenvalue weighted by Gasteiger charge is 2.13. The summed E-state index contributed by atoms with van der Waals surface area (Å²) in [6.45, 7) is 1.21. The molecule has 2 aromatic rings. The predicted octanol–water partition coefficient (Wildman–Crippen LogP) is 5.19. The number of hydrogen-bond acceptors (Lipinski definition) is 4. The fourth-order valence-electron chi connectivity index (χ4n) is 2.03. The van der Waals surface area contributed by atoms with E-state index in [2.05, 4.69) is 58.6 Å². The molecular formula is C17H13Br3Cl2N2O4. The minimum Gasteiger partial charge on any atom is -0.482 e. The topological polar surface area (TPSA) is 76.7 Å². The van der Waals surface area contributed by atoms with Crippen LogP contribution in [0.4, 0.5) is 0 Å². The molecule has 0 saturated heterocycles. The summed E-state index contributed by atoms with van der Waals surface area (Å²) in [7, 11) is 0. The molecule has 150 valence electrons. The van der Waals surface area contributed by atoms with Crippen LogP contribution in [0.3, 0.4) is 0 Å². The van der Waals surface area contributed by atoms with Crippen LogP contribution >= 0.6 is 71.0 Å². The van der Waals surface area contributed by atoms with Crippen molar-refractivity contribution in [1.82, 2.24) is 10.9 Å². The van der Waals surface area contributed by atoms with Crippen LogP contribution in [0.15, 0.2) is 37.7 Å². The van der Waals surface area contributed by atoms with Gasteiger partial charge in [-0.2, -0.15) is 0 Å². The first kappa shape index (κ1) is 23.3. The zero-order valence-electron chi connectivity index (χ0n) is 14.2. The van der Waals surface area contributed by atoms with Gasteiger partial charge in [0.15, 0.2) is 19.0 Å². The van der Waals surface area contributed by atoms with Gasteiger partial charge >= 0.3 is 0 Å². The summed E-state index contributed by atoms with van der Waals surface area (Å²) in [6.07, 6.45) is 0. The second kappa shape index (κ2) is 10.7. The Morgan fingerprint density at radius 2 is 1.43 bits per heavy atom. The molecule has 2 rings (SSSR count). The van der Waals surface area contributed by atoms with Gasteiger partial charge in [-0.25, -0.2) is 0 Å². The molecule has 0 aromatic heterocycles. The number of halogens is 5. The van der Waals surface area contributed by atoms with Gasteiger partial charge in [0, 0.05) is 9.50 Å². The summed E-state index contributed by atoms with van der Waals surface area (Å²) in [5.74, 6) is -0.303. The van der Waals surface area contributed by atoms with Crippen molar-refractivity contribution in [2.24, 2.45) is 0 Å². The molecule has 0 aliphatic rings. The zero-order chi connectivity index (χ0) is 20.8. The van der Waals surface area contributed by atoms with Gasteiger partial charge in [0.2, 0.25) is 0 Å². The lowest BCUT2D eigenvalue weighted by atomic mass is 10.2. The highest BCUT2D eigenvalue weighted by Crippen LogP contribution is 2.36. The second-order valence-electron chi connectivity index (χ2n) is 5.41. The lowest BCUT2D eigenvalue weighted by Gasteiger charge is -2.13. The van der Waals surface area contributed by atoms with Crippen molar-refractivity contribution in [3.8, 4) is 11.5 Å². The summed E-state index contributed by atoms with van der Waals surface area (Å²) in [5.41, 5.74) is 5.32. The van der Waals surface area contributed by atoms with Gasteiger partial charge in [-0.3, -0.25) is 20.4 Å². The maximum Gasteiger partial charge on any atom is 0.276 e. The summed E-state index contributed by atoms with van der Waals surface area (Å²) in [6, 6.07) is 6.74. The molecule has 0 spiro atoms. The first-order chi connectivity index (χ1) is 13.2. The smallest absolute Gasteiger partial charge is 0.276 e. The summed E-state index contributed by atoms with van der Waals surface area (Å²) in [5, 5.41) is 0.675. The maximum atomic E-state index is 11.9. The van der Waals surface area contributed by atoms with Crippen molar-refractivity contribution in [1.29, 1.82) is 0 Å². The Morgan fingerprint density at radius 3 is 1.96 bits per heavy atom. The zero-order valence-corrected chi connectivity index (χ0v) is 20.5. The van der Waals surface area contributed by atoms with Crippen LogP contribution in [0.1, 0.15) is 5.56 Å². The van der Waals surface area contributed by atoms with Crippen molar-refractivity contribution in [2.75, 3.05) is 13.2 Å². The van der Waals surface area contributed by atoms with E-state index < -0.39 is 11.8 Å². The summed E-state index contributed by atoms with van der Waals surface area (Å²) < 4.78 is 12.9. The number of carbonyl (C=O) groups is 2. The second-order valence-corrected chi connectivity index (χ2v) is 8.87. The summed E-state index contributed by atoms with van der Waals surface area (Å²) in [4.78, 5) is 23.7. The van der Waals surface area contributed by atoms with Gasteiger partial charge in [-0.05, 0) is 68.6 Å². The maximum absolute atomic E-state index is 11.9. The third-order valence-corrected chi connectivity index (χ3v) is 5.33. The Kier molecular flexibility index (Phi) is 8.88. The number of rotatable bonds is 6. The Hall–Kier alpha value is -1.000. The molecule has 2 amide bonds. The molecule has 0 radical (unpaired) electrons. The van der Waals surface area contributed by atoms with Gasteiger partial charge in [0.05, 0.1) is 14.0 Å². The molecule has 0 bridgehead atoms. The van der Waals surface area contributed by atoms with Crippen LogP contribution in [0.2, 0.25) is 10.0 Å². The van der Waals surface area contributed by atoms with Gasteiger partial charge < -0.3 is 9.47 Å². The first-order valence-electron chi connectivity index (χ1n) is 7.61. The van der Waals surface area contributed by atoms with Crippen LogP contribution in [-0.2, 0) is 9.59 Å². The standard InChI is InChI=1S/C17H13Br3Cl2N2O4/c1-8-2-9(18)3-11(19)16(8)27-6-14(25)23-24-15(26)7-28-17-12(20)4-10(21)5-13(17)22/h2-5H,6-7H2,1H3,(H,23,25)(H,24,26). The van der Waals surface area contributed by atoms with Gasteiger partial charge in [0.1, 0.15) is 5.75 Å². The largest absolute Gasteiger partial charge is 0.482 e. The molecule has 0 heterocycles.